The molecule has 0 aliphatic rings. The minimum Gasteiger partial charge on any atom is -0.494 e. The Labute approximate surface area is 90.4 Å². The molecule has 15 heavy (non-hydrogen) atoms. The molecule has 3 nitrogen and oxygen atoms in total. The van der Waals surface area contributed by atoms with Crippen LogP contribution in [0.4, 0.5) is 0 Å². The SMILES string of the molecule is CCOc1ccc(CNC(=O)CC)cc1. The summed E-state index contributed by atoms with van der Waals surface area (Å²) < 4.78 is 5.32. The highest BCUT2D eigenvalue weighted by Gasteiger charge is 1.98. The van der Waals surface area contributed by atoms with Crippen LogP contribution in [0.15, 0.2) is 24.3 Å². The zero-order chi connectivity index (χ0) is 11.1. The Morgan fingerprint density at radius 2 is 1.93 bits per heavy atom. The monoisotopic (exact) mass is 207 g/mol. The molecule has 0 heterocycles. The van der Waals surface area contributed by atoms with E-state index >= 15 is 0 Å². The second-order valence-corrected chi connectivity index (χ2v) is 3.21. The molecule has 0 bridgehead atoms. The lowest BCUT2D eigenvalue weighted by Gasteiger charge is -2.05. The van der Waals surface area contributed by atoms with Gasteiger partial charge >= 0.3 is 0 Å². The number of carbonyl (C=O) groups excluding carboxylic acids is 1. The minimum atomic E-state index is 0.0730. The number of nitrogens with one attached hydrogen (secondary N) is 1. The summed E-state index contributed by atoms with van der Waals surface area (Å²) in [5.41, 5.74) is 1.08. The Bertz CT molecular complexity index is 306. The summed E-state index contributed by atoms with van der Waals surface area (Å²) in [6, 6.07) is 7.75. The number of benzene rings is 1. The van der Waals surface area contributed by atoms with Crippen LogP contribution in [0, 0.1) is 0 Å². The smallest absolute Gasteiger partial charge is 0.219 e. The van der Waals surface area contributed by atoms with Crippen LogP contribution in [-0.4, -0.2) is 12.5 Å². The largest absolute Gasteiger partial charge is 0.494 e. The molecule has 1 rings (SSSR count). The van der Waals surface area contributed by atoms with Crippen molar-refractivity contribution in [3.05, 3.63) is 29.8 Å². The van der Waals surface area contributed by atoms with Crippen LogP contribution < -0.4 is 10.1 Å². The van der Waals surface area contributed by atoms with Crippen molar-refractivity contribution in [3.63, 3.8) is 0 Å². The fourth-order valence-corrected chi connectivity index (χ4v) is 1.20. The quantitative estimate of drug-likeness (QED) is 0.803. The van der Waals surface area contributed by atoms with Gasteiger partial charge in [0.1, 0.15) is 5.75 Å². The van der Waals surface area contributed by atoms with Gasteiger partial charge in [0.2, 0.25) is 5.91 Å². The number of rotatable bonds is 5. The van der Waals surface area contributed by atoms with E-state index in [1.165, 1.54) is 0 Å². The van der Waals surface area contributed by atoms with Crippen LogP contribution >= 0.6 is 0 Å². The van der Waals surface area contributed by atoms with Gasteiger partial charge in [-0.25, -0.2) is 0 Å². The molecule has 0 atom stereocenters. The molecule has 82 valence electrons. The summed E-state index contributed by atoms with van der Waals surface area (Å²) in [5.74, 6) is 0.937. The van der Waals surface area contributed by atoms with Crippen molar-refractivity contribution in [1.29, 1.82) is 0 Å². The zero-order valence-corrected chi connectivity index (χ0v) is 9.25. The summed E-state index contributed by atoms with van der Waals surface area (Å²) in [5, 5.41) is 2.82. The Hall–Kier alpha value is -1.51. The van der Waals surface area contributed by atoms with Gasteiger partial charge in [-0.15, -0.1) is 0 Å². The van der Waals surface area contributed by atoms with Gasteiger partial charge < -0.3 is 10.1 Å². The molecular weight excluding hydrogens is 190 g/mol. The number of ether oxygens (including phenoxy) is 1. The maximum Gasteiger partial charge on any atom is 0.219 e. The Morgan fingerprint density at radius 1 is 1.27 bits per heavy atom. The van der Waals surface area contributed by atoms with Gasteiger partial charge in [-0.3, -0.25) is 4.79 Å². The van der Waals surface area contributed by atoms with Crippen molar-refractivity contribution < 1.29 is 9.53 Å². The lowest BCUT2D eigenvalue weighted by molar-refractivity contribution is -0.120. The number of carbonyl (C=O) groups is 1. The highest BCUT2D eigenvalue weighted by atomic mass is 16.5. The molecule has 1 aromatic carbocycles. The lowest BCUT2D eigenvalue weighted by Crippen LogP contribution is -2.21. The average Bonchev–Trinajstić information content (AvgIpc) is 2.28. The van der Waals surface area contributed by atoms with Crippen LogP contribution in [0.3, 0.4) is 0 Å². The molecule has 0 aromatic heterocycles. The first-order chi connectivity index (χ1) is 7.26. The van der Waals surface area contributed by atoms with Crippen LogP contribution in [0.2, 0.25) is 0 Å². The Kier molecular flexibility index (Phi) is 4.68. The molecule has 0 fully saturated rings. The third-order valence-corrected chi connectivity index (χ3v) is 2.05. The molecule has 3 heteroatoms. The first-order valence-corrected chi connectivity index (χ1v) is 5.24. The Morgan fingerprint density at radius 3 is 2.47 bits per heavy atom. The van der Waals surface area contributed by atoms with E-state index in [-0.39, 0.29) is 5.91 Å². The molecule has 1 N–H and O–H groups in total. The number of amides is 1. The van der Waals surface area contributed by atoms with Crippen LogP contribution in [0.25, 0.3) is 0 Å². The van der Waals surface area contributed by atoms with Crippen LogP contribution in [0.5, 0.6) is 5.75 Å². The van der Waals surface area contributed by atoms with Crippen molar-refractivity contribution >= 4 is 5.91 Å². The molecule has 1 amide bonds. The standard InChI is InChI=1S/C12H17NO2/c1-3-12(14)13-9-10-5-7-11(8-6-10)15-4-2/h5-8H,3-4,9H2,1-2H3,(H,13,14). The Balaban J connectivity index is 2.45. The molecule has 0 saturated heterocycles. The van der Waals surface area contributed by atoms with Crippen molar-refractivity contribution in [2.24, 2.45) is 0 Å². The van der Waals surface area contributed by atoms with Gasteiger partial charge in [0, 0.05) is 13.0 Å². The van der Waals surface area contributed by atoms with Crippen molar-refractivity contribution in [2.75, 3.05) is 6.61 Å². The third kappa shape index (κ3) is 4.02. The first kappa shape index (κ1) is 11.6. The second kappa shape index (κ2) is 6.06. The number of hydrogen-bond donors (Lipinski definition) is 1. The van der Waals surface area contributed by atoms with Crippen LogP contribution in [-0.2, 0) is 11.3 Å². The predicted octanol–water partition coefficient (Wildman–Crippen LogP) is 2.11. The lowest BCUT2D eigenvalue weighted by atomic mass is 10.2. The van der Waals surface area contributed by atoms with E-state index in [2.05, 4.69) is 5.32 Å². The summed E-state index contributed by atoms with van der Waals surface area (Å²) in [6.07, 6.45) is 0.525. The molecule has 1 aromatic rings. The van der Waals surface area contributed by atoms with Crippen molar-refractivity contribution in [3.8, 4) is 5.75 Å². The van der Waals surface area contributed by atoms with E-state index in [1.807, 2.05) is 38.1 Å². The van der Waals surface area contributed by atoms with E-state index in [0.29, 0.717) is 19.6 Å². The van der Waals surface area contributed by atoms with Gasteiger partial charge in [-0.05, 0) is 24.6 Å². The first-order valence-electron chi connectivity index (χ1n) is 5.24. The molecule has 0 aliphatic carbocycles. The molecule has 0 radical (unpaired) electrons. The highest BCUT2D eigenvalue weighted by molar-refractivity contribution is 5.75. The minimum absolute atomic E-state index is 0.0730. The average molecular weight is 207 g/mol. The van der Waals surface area contributed by atoms with Gasteiger partial charge in [0.05, 0.1) is 6.61 Å². The van der Waals surface area contributed by atoms with E-state index in [4.69, 9.17) is 4.74 Å². The van der Waals surface area contributed by atoms with Gasteiger partial charge in [-0.2, -0.15) is 0 Å². The summed E-state index contributed by atoms with van der Waals surface area (Å²) in [7, 11) is 0. The van der Waals surface area contributed by atoms with Gasteiger partial charge in [-0.1, -0.05) is 19.1 Å². The molecule has 0 aliphatic heterocycles. The number of hydrogen-bond acceptors (Lipinski definition) is 2. The zero-order valence-electron chi connectivity index (χ0n) is 9.25. The van der Waals surface area contributed by atoms with E-state index < -0.39 is 0 Å². The fraction of sp³-hybridized carbons (Fsp3) is 0.417. The topological polar surface area (TPSA) is 38.3 Å². The molecule has 0 spiro atoms. The highest BCUT2D eigenvalue weighted by Crippen LogP contribution is 2.11. The maximum absolute atomic E-state index is 11.0. The van der Waals surface area contributed by atoms with Crippen LogP contribution in [0.1, 0.15) is 25.8 Å². The third-order valence-electron chi connectivity index (χ3n) is 2.05. The molecule has 0 saturated carbocycles. The second-order valence-electron chi connectivity index (χ2n) is 3.21. The summed E-state index contributed by atoms with van der Waals surface area (Å²) >= 11 is 0. The summed E-state index contributed by atoms with van der Waals surface area (Å²) in [6.45, 7) is 5.05. The van der Waals surface area contributed by atoms with E-state index in [1.54, 1.807) is 0 Å². The fourth-order valence-electron chi connectivity index (χ4n) is 1.20. The maximum atomic E-state index is 11.0. The van der Waals surface area contributed by atoms with Gasteiger partial charge in [0.25, 0.3) is 0 Å². The normalized spacial score (nSPS) is 9.73. The van der Waals surface area contributed by atoms with Gasteiger partial charge in [0.15, 0.2) is 0 Å². The molecular formula is C12H17NO2. The molecule has 0 unspecified atom stereocenters. The van der Waals surface area contributed by atoms with Crippen molar-refractivity contribution in [1.82, 2.24) is 5.32 Å². The van der Waals surface area contributed by atoms with Crippen molar-refractivity contribution in [2.45, 2.75) is 26.8 Å². The summed E-state index contributed by atoms with van der Waals surface area (Å²) in [4.78, 5) is 11.0. The predicted molar refractivity (Wildman–Crippen MR) is 59.7 cm³/mol. The van der Waals surface area contributed by atoms with E-state index in [0.717, 1.165) is 11.3 Å². The van der Waals surface area contributed by atoms with E-state index in [9.17, 15) is 4.79 Å².